The average Bonchev–Trinajstić information content (AvgIpc) is 2.52. The smallest absolute Gasteiger partial charge is 0.264 e. The van der Waals surface area contributed by atoms with Crippen molar-refractivity contribution in [1.29, 1.82) is 0 Å². The zero-order chi connectivity index (χ0) is 18.3. The summed E-state index contributed by atoms with van der Waals surface area (Å²) >= 11 is 0. The molecule has 1 aromatic carbocycles. The van der Waals surface area contributed by atoms with Crippen molar-refractivity contribution in [3.05, 3.63) is 17.7 Å². The second-order valence-corrected chi connectivity index (χ2v) is 6.56. The van der Waals surface area contributed by atoms with Crippen molar-refractivity contribution < 1.29 is 36.3 Å². The van der Waals surface area contributed by atoms with Crippen LogP contribution in [0.4, 0.5) is 0 Å². The van der Waals surface area contributed by atoms with Crippen molar-refractivity contribution in [2.75, 3.05) is 41.5 Å². The van der Waals surface area contributed by atoms with Crippen LogP contribution in [0.2, 0.25) is 0 Å². The first-order chi connectivity index (χ1) is 11.3. The van der Waals surface area contributed by atoms with Crippen LogP contribution in [0, 0.1) is 0 Å². The van der Waals surface area contributed by atoms with Gasteiger partial charge < -0.3 is 23.7 Å². The van der Waals surface area contributed by atoms with Gasteiger partial charge in [-0.15, -0.1) is 0 Å². The molecule has 0 aliphatic carbocycles. The molecule has 0 fully saturated rings. The summed E-state index contributed by atoms with van der Waals surface area (Å²) in [5, 5.41) is 0. The van der Waals surface area contributed by atoms with Crippen molar-refractivity contribution in [3.63, 3.8) is 0 Å². The minimum absolute atomic E-state index is 0.0429. The highest BCUT2D eigenvalue weighted by Crippen LogP contribution is 2.41. The van der Waals surface area contributed by atoms with Gasteiger partial charge in [-0.3, -0.25) is 4.18 Å². The minimum Gasteiger partial charge on any atom is -0.493 e. The van der Waals surface area contributed by atoms with Crippen LogP contribution in [0.3, 0.4) is 0 Å². The van der Waals surface area contributed by atoms with Crippen LogP contribution in [0.25, 0.3) is 0 Å². The van der Waals surface area contributed by atoms with Gasteiger partial charge >= 0.3 is 0 Å². The molecule has 0 aromatic heterocycles. The SMILES string of the molecule is COCO[C@H](c1cc(OC)c(OC)c(OC)c1)[C@@H](C)OS(C)(=O)=O. The van der Waals surface area contributed by atoms with Crippen LogP contribution >= 0.6 is 0 Å². The third kappa shape index (κ3) is 5.52. The summed E-state index contributed by atoms with van der Waals surface area (Å²) in [4.78, 5) is 0. The lowest BCUT2D eigenvalue weighted by atomic mass is 10.0. The summed E-state index contributed by atoms with van der Waals surface area (Å²) in [6.45, 7) is 1.54. The van der Waals surface area contributed by atoms with Crippen molar-refractivity contribution in [2.45, 2.75) is 19.1 Å². The van der Waals surface area contributed by atoms with E-state index in [0.29, 0.717) is 22.8 Å². The Morgan fingerprint density at radius 1 is 1.00 bits per heavy atom. The van der Waals surface area contributed by atoms with E-state index in [1.54, 1.807) is 19.1 Å². The Morgan fingerprint density at radius 2 is 1.54 bits per heavy atom. The van der Waals surface area contributed by atoms with Crippen LogP contribution in [0.5, 0.6) is 17.2 Å². The molecule has 0 amide bonds. The number of methoxy groups -OCH3 is 4. The fraction of sp³-hybridized carbons (Fsp3) is 0.600. The molecule has 0 heterocycles. The topological polar surface area (TPSA) is 89.5 Å². The predicted molar refractivity (Wildman–Crippen MR) is 87.2 cm³/mol. The number of ether oxygens (including phenoxy) is 5. The van der Waals surface area contributed by atoms with Crippen molar-refractivity contribution in [2.24, 2.45) is 0 Å². The quantitative estimate of drug-likeness (QED) is 0.458. The fourth-order valence-corrected chi connectivity index (χ4v) is 2.89. The van der Waals surface area contributed by atoms with Crippen molar-refractivity contribution >= 4 is 10.1 Å². The van der Waals surface area contributed by atoms with Crippen molar-refractivity contribution in [3.8, 4) is 17.2 Å². The first-order valence-electron chi connectivity index (χ1n) is 7.06. The first-order valence-corrected chi connectivity index (χ1v) is 8.87. The molecule has 0 saturated carbocycles. The lowest BCUT2D eigenvalue weighted by molar-refractivity contribution is -0.104. The van der Waals surface area contributed by atoms with E-state index in [4.69, 9.17) is 27.9 Å². The second kappa shape index (κ2) is 9.07. The zero-order valence-electron chi connectivity index (χ0n) is 14.7. The third-order valence-corrected chi connectivity index (χ3v) is 3.79. The molecular weight excluding hydrogens is 340 g/mol. The molecule has 138 valence electrons. The largest absolute Gasteiger partial charge is 0.493 e. The summed E-state index contributed by atoms with van der Waals surface area (Å²) in [6.07, 6.45) is -0.544. The number of rotatable bonds is 10. The highest BCUT2D eigenvalue weighted by Gasteiger charge is 2.27. The molecule has 0 radical (unpaired) electrons. The third-order valence-electron chi connectivity index (χ3n) is 3.13. The second-order valence-electron chi connectivity index (χ2n) is 4.96. The molecule has 8 nitrogen and oxygen atoms in total. The molecule has 9 heteroatoms. The van der Waals surface area contributed by atoms with E-state index in [9.17, 15) is 8.42 Å². The molecule has 0 bridgehead atoms. The van der Waals surface area contributed by atoms with E-state index in [-0.39, 0.29) is 6.79 Å². The molecule has 1 aromatic rings. The molecule has 0 aliphatic heterocycles. The Labute approximate surface area is 142 Å². The van der Waals surface area contributed by atoms with Crippen LogP contribution in [0.1, 0.15) is 18.6 Å². The standard InChI is InChI=1S/C15H24O8S/c1-10(23-24(6,16)17)14(22-9-18-2)11-7-12(19-3)15(21-5)13(8-11)20-4/h7-8,10,14H,9H2,1-6H3/t10-,14+/m1/s1. The van der Waals surface area contributed by atoms with E-state index < -0.39 is 22.3 Å². The van der Waals surface area contributed by atoms with E-state index in [1.807, 2.05) is 0 Å². The van der Waals surface area contributed by atoms with Gasteiger partial charge in [-0.25, -0.2) is 0 Å². The summed E-state index contributed by atoms with van der Waals surface area (Å²) in [5.74, 6) is 1.26. The molecule has 0 N–H and O–H groups in total. The number of benzene rings is 1. The van der Waals surface area contributed by atoms with E-state index in [1.165, 1.54) is 28.4 Å². The molecule has 0 saturated heterocycles. The molecule has 0 aliphatic rings. The normalized spacial score (nSPS) is 14.1. The van der Waals surface area contributed by atoms with Crippen LogP contribution < -0.4 is 14.2 Å². The van der Waals surface area contributed by atoms with Gasteiger partial charge in [0, 0.05) is 7.11 Å². The Bertz CT molecular complexity index is 603. The van der Waals surface area contributed by atoms with Gasteiger partial charge in [0.25, 0.3) is 10.1 Å². The molecule has 24 heavy (non-hydrogen) atoms. The van der Waals surface area contributed by atoms with Crippen LogP contribution in [-0.2, 0) is 23.8 Å². The average molecular weight is 364 g/mol. The Hall–Kier alpha value is -1.55. The Morgan fingerprint density at radius 3 is 1.92 bits per heavy atom. The van der Waals surface area contributed by atoms with Gasteiger partial charge in [-0.2, -0.15) is 8.42 Å². The van der Waals surface area contributed by atoms with E-state index >= 15 is 0 Å². The van der Waals surface area contributed by atoms with E-state index in [0.717, 1.165) is 6.26 Å². The molecule has 0 unspecified atom stereocenters. The summed E-state index contributed by atoms with van der Waals surface area (Å²) in [7, 11) is 2.28. The highest BCUT2D eigenvalue weighted by atomic mass is 32.2. The molecule has 0 spiro atoms. The highest BCUT2D eigenvalue weighted by molar-refractivity contribution is 7.86. The summed E-state index contributed by atoms with van der Waals surface area (Å²) < 4.78 is 54.3. The van der Waals surface area contributed by atoms with Gasteiger partial charge in [0.15, 0.2) is 11.5 Å². The van der Waals surface area contributed by atoms with Gasteiger partial charge in [0.2, 0.25) is 5.75 Å². The predicted octanol–water partition coefficient (Wildman–Crippen LogP) is 1.74. The summed E-state index contributed by atoms with van der Waals surface area (Å²) in [5.41, 5.74) is 0.595. The van der Waals surface area contributed by atoms with Crippen LogP contribution in [0.15, 0.2) is 12.1 Å². The Balaban J connectivity index is 3.31. The minimum atomic E-state index is -3.65. The van der Waals surface area contributed by atoms with Crippen LogP contribution in [-0.4, -0.2) is 56.0 Å². The van der Waals surface area contributed by atoms with Gasteiger partial charge in [0.05, 0.1) is 27.6 Å². The van der Waals surface area contributed by atoms with Gasteiger partial charge in [-0.05, 0) is 24.6 Å². The first kappa shape index (κ1) is 20.5. The lowest BCUT2D eigenvalue weighted by Gasteiger charge is -2.25. The maximum absolute atomic E-state index is 11.4. The molecular formula is C15H24O8S. The van der Waals surface area contributed by atoms with E-state index in [2.05, 4.69) is 0 Å². The maximum atomic E-state index is 11.4. The molecule has 2 atom stereocenters. The van der Waals surface area contributed by atoms with Gasteiger partial charge in [0.1, 0.15) is 19.0 Å². The molecule has 1 rings (SSSR count). The monoisotopic (exact) mass is 364 g/mol. The number of hydrogen-bond donors (Lipinski definition) is 0. The summed E-state index contributed by atoms with van der Waals surface area (Å²) in [6, 6.07) is 3.34. The zero-order valence-corrected chi connectivity index (χ0v) is 15.5. The Kier molecular flexibility index (Phi) is 7.74. The lowest BCUT2D eigenvalue weighted by Crippen LogP contribution is -2.25. The fourth-order valence-electron chi connectivity index (χ4n) is 2.24. The number of hydrogen-bond acceptors (Lipinski definition) is 8. The van der Waals surface area contributed by atoms with Crippen molar-refractivity contribution in [1.82, 2.24) is 0 Å². The maximum Gasteiger partial charge on any atom is 0.264 e. The van der Waals surface area contributed by atoms with Gasteiger partial charge in [-0.1, -0.05) is 0 Å².